The Labute approximate surface area is 121 Å². The first kappa shape index (κ1) is 15.0. The average molecular weight is 275 g/mol. The molecule has 1 aliphatic carbocycles. The van der Waals surface area contributed by atoms with Gasteiger partial charge in [0.1, 0.15) is 6.04 Å². The molecule has 2 N–H and O–H groups in total. The minimum Gasteiger partial charge on any atom is -0.480 e. The molecule has 0 spiro atoms. The molecule has 2 unspecified atom stereocenters. The van der Waals surface area contributed by atoms with Gasteiger partial charge in [0.2, 0.25) is 0 Å². The Morgan fingerprint density at radius 3 is 2.60 bits per heavy atom. The summed E-state index contributed by atoms with van der Waals surface area (Å²) < 4.78 is 0. The second kappa shape index (κ2) is 6.40. The highest BCUT2D eigenvalue weighted by molar-refractivity contribution is 5.73. The lowest BCUT2D eigenvalue weighted by Crippen LogP contribution is -2.39. The maximum atomic E-state index is 11.3. The largest absolute Gasteiger partial charge is 0.480 e. The highest BCUT2D eigenvalue weighted by Crippen LogP contribution is 2.25. The molecule has 0 saturated heterocycles. The third kappa shape index (κ3) is 3.60. The number of fused-ring (bicyclic) bond motifs is 1. The molecule has 0 amide bonds. The molecule has 3 heteroatoms. The molecule has 2 atom stereocenters. The van der Waals surface area contributed by atoms with Crippen molar-refractivity contribution in [2.75, 3.05) is 0 Å². The van der Waals surface area contributed by atoms with Gasteiger partial charge in [-0.15, -0.1) is 0 Å². The second-order valence-corrected chi connectivity index (χ2v) is 6.29. The number of benzene rings is 1. The first-order valence-corrected chi connectivity index (χ1v) is 7.58. The molecule has 0 fully saturated rings. The molecule has 1 aliphatic rings. The van der Waals surface area contributed by atoms with Gasteiger partial charge in [-0.3, -0.25) is 10.1 Å². The molecule has 3 nitrogen and oxygen atoms in total. The maximum Gasteiger partial charge on any atom is 0.320 e. The average Bonchev–Trinajstić information content (AvgIpc) is 2.84. The van der Waals surface area contributed by atoms with Crippen LogP contribution in [0.2, 0.25) is 0 Å². The molecular weight excluding hydrogens is 250 g/mol. The number of carboxylic acid groups (broad SMARTS) is 1. The Morgan fingerprint density at radius 2 is 1.95 bits per heavy atom. The molecule has 0 aliphatic heterocycles. The summed E-state index contributed by atoms with van der Waals surface area (Å²) in [4.78, 5) is 11.3. The van der Waals surface area contributed by atoms with Gasteiger partial charge < -0.3 is 5.11 Å². The van der Waals surface area contributed by atoms with Crippen molar-refractivity contribution in [1.82, 2.24) is 5.32 Å². The Bertz CT molecular complexity index is 482. The first-order valence-electron chi connectivity index (χ1n) is 7.58. The van der Waals surface area contributed by atoms with Crippen LogP contribution in [0.1, 0.15) is 56.3 Å². The van der Waals surface area contributed by atoms with Gasteiger partial charge in [-0.2, -0.15) is 0 Å². The molecule has 110 valence electrons. The summed E-state index contributed by atoms with van der Waals surface area (Å²) in [6.07, 6.45) is 4.24. The number of hydrogen-bond acceptors (Lipinski definition) is 2. The van der Waals surface area contributed by atoms with Crippen molar-refractivity contribution < 1.29 is 9.90 Å². The fourth-order valence-electron chi connectivity index (χ4n) is 2.97. The van der Waals surface area contributed by atoms with Crippen LogP contribution in [0.3, 0.4) is 0 Å². The zero-order chi connectivity index (χ0) is 14.7. The number of aryl methyl sites for hydroxylation is 2. The van der Waals surface area contributed by atoms with Crippen LogP contribution >= 0.6 is 0 Å². The molecule has 0 heterocycles. The standard InChI is InChI=1S/C17H25NO2/c1-11(2)9-16(17(19)20)18-12(3)14-8-7-13-5-4-6-15(13)10-14/h7-8,10-12,16,18H,4-6,9H2,1-3H3,(H,19,20). The third-order valence-electron chi connectivity index (χ3n) is 4.08. The van der Waals surface area contributed by atoms with E-state index in [4.69, 9.17) is 0 Å². The fourth-order valence-corrected chi connectivity index (χ4v) is 2.97. The van der Waals surface area contributed by atoms with E-state index in [1.807, 2.05) is 6.92 Å². The van der Waals surface area contributed by atoms with E-state index < -0.39 is 12.0 Å². The Balaban J connectivity index is 2.06. The molecule has 0 aromatic heterocycles. The minimum atomic E-state index is -0.758. The molecule has 0 saturated carbocycles. The smallest absolute Gasteiger partial charge is 0.320 e. The van der Waals surface area contributed by atoms with Crippen molar-refractivity contribution >= 4 is 5.97 Å². The van der Waals surface area contributed by atoms with Crippen LogP contribution in [0, 0.1) is 5.92 Å². The number of rotatable bonds is 6. The molecule has 1 aromatic rings. The van der Waals surface area contributed by atoms with E-state index in [-0.39, 0.29) is 6.04 Å². The van der Waals surface area contributed by atoms with E-state index in [1.165, 1.54) is 29.5 Å². The third-order valence-corrected chi connectivity index (χ3v) is 4.08. The number of hydrogen-bond donors (Lipinski definition) is 2. The van der Waals surface area contributed by atoms with Gasteiger partial charge in [0.15, 0.2) is 0 Å². The summed E-state index contributed by atoms with van der Waals surface area (Å²) >= 11 is 0. The van der Waals surface area contributed by atoms with E-state index in [2.05, 4.69) is 37.4 Å². The fraction of sp³-hybridized carbons (Fsp3) is 0.588. The molecular formula is C17H25NO2. The van der Waals surface area contributed by atoms with Crippen molar-refractivity contribution in [3.05, 3.63) is 34.9 Å². The lowest BCUT2D eigenvalue weighted by molar-refractivity contribution is -0.140. The van der Waals surface area contributed by atoms with Crippen molar-refractivity contribution in [1.29, 1.82) is 0 Å². The Morgan fingerprint density at radius 1 is 1.25 bits per heavy atom. The van der Waals surface area contributed by atoms with Gasteiger partial charge in [-0.25, -0.2) is 0 Å². The quantitative estimate of drug-likeness (QED) is 0.837. The molecule has 0 radical (unpaired) electrons. The lowest BCUT2D eigenvalue weighted by atomic mass is 9.99. The normalized spacial score (nSPS) is 17.0. The maximum absolute atomic E-state index is 11.3. The van der Waals surface area contributed by atoms with Crippen LogP contribution < -0.4 is 5.32 Å². The van der Waals surface area contributed by atoms with Crippen LogP contribution in [-0.2, 0) is 17.6 Å². The van der Waals surface area contributed by atoms with Crippen LogP contribution in [0.15, 0.2) is 18.2 Å². The van der Waals surface area contributed by atoms with Gasteiger partial charge in [0.25, 0.3) is 0 Å². The van der Waals surface area contributed by atoms with Gasteiger partial charge in [0.05, 0.1) is 0 Å². The van der Waals surface area contributed by atoms with Crippen LogP contribution in [0.25, 0.3) is 0 Å². The highest BCUT2D eigenvalue weighted by atomic mass is 16.4. The number of aliphatic carboxylic acids is 1. The predicted octanol–water partition coefficient (Wildman–Crippen LogP) is 3.33. The van der Waals surface area contributed by atoms with Crippen molar-refractivity contribution in [3.8, 4) is 0 Å². The molecule has 1 aromatic carbocycles. The Kier molecular flexibility index (Phi) is 4.81. The van der Waals surface area contributed by atoms with Crippen LogP contribution in [0.4, 0.5) is 0 Å². The van der Waals surface area contributed by atoms with Gasteiger partial charge in [-0.05, 0) is 55.2 Å². The highest BCUT2D eigenvalue weighted by Gasteiger charge is 2.22. The first-order chi connectivity index (χ1) is 9.47. The van der Waals surface area contributed by atoms with Crippen LogP contribution in [0.5, 0.6) is 0 Å². The van der Waals surface area contributed by atoms with Gasteiger partial charge >= 0.3 is 5.97 Å². The molecule has 20 heavy (non-hydrogen) atoms. The summed E-state index contributed by atoms with van der Waals surface area (Å²) in [7, 11) is 0. The zero-order valence-electron chi connectivity index (χ0n) is 12.6. The number of carboxylic acids is 1. The van der Waals surface area contributed by atoms with Gasteiger partial charge in [-0.1, -0.05) is 32.0 Å². The van der Waals surface area contributed by atoms with E-state index in [0.29, 0.717) is 12.3 Å². The minimum absolute atomic E-state index is 0.0701. The monoisotopic (exact) mass is 275 g/mol. The predicted molar refractivity (Wildman–Crippen MR) is 80.9 cm³/mol. The van der Waals surface area contributed by atoms with Crippen molar-refractivity contribution in [2.24, 2.45) is 5.92 Å². The lowest BCUT2D eigenvalue weighted by Gasteiger charge is -2.22. The molecule has 0 bridgehead atoms. The van der Waals surface area contributed by atoms with Crippen molar-refractivity contribution in [3.63, 3.8) is 0 Å². The number of carbonyl (C=O) groups is 1. The summed E-state index contributed by atoms with van der Waals surface area (Å²) in [6, 6.07) is 6.18. The number of nitrogens with one attached hydrogen (secondary N) is 1. The van der Waals surface area contributed by atoms with Gasteiger partial charge in [0, 0.05) is 6.04 Å². The Hall–Kier alpha value is -1.35. The summed E-state index contributed by atoms with van der Waals surface area (Å²) in [5, 5.41) is 12.6. The summed E-state index contributed by atoms with van der Waals surface area (Å²) in [5.41, 5.74) is 4.09. The zero-order valence-corrected chi connectivity index (χ0v) is 12.6. The van der Waals surface area contributed by atoms with E-state index >= 15 is 0 Å². The second-order valence-electron chi connectivity index (χ2n) is 6.29. The molecule has 2 rings (SSSR count). The topological polar surface area (TPSA) is 49.3 Å². The summed E-state index contributed by atoms with van der Waals surface area (Å²) in [6.45, 7) is 6.16. The van der Waals surface area contributed by atoms with E-state index in [9.17, 15) is 9.90 Å². The van der Waals surface area contributed by atoms with Crippen molar-refractivity contribution in [2.45, 2.75) is 58.5 Å². The SMILES string of the molecule is CC(C)CC(NC(C)c1ccc2c(c1)CCC2)C(=O)O. The van der Waals surface area contributed by atoms with Crippen LogP contribution in [-0.4, -0.2) is 17.1 Å². The van der Waals surface area contributed by atoms with E-state index in [1.54, 1.807) is 0 Å². The van der Waals surface area contributed by atoms with E-state index in [0.717, 1.165) is 6.42 Å². The summed E-state index contributed by atoms with van der Waals surface area (Å²) in [5.74, 6) is -0.387.